The molecule has 112 valence electrons. The lowest BCUT2D eigenvalue weighted by Crippen LogP contribution is -2.22. The van der Waals surface area contributed by atoms with E-state index in [9.17, 15) is 4.39 Å². The molecule has 2 nitrogen and oxygen atoms in total. The number of fused-ring (bicyclic) bond motifs is 3. The maximum atomic E-state index is 14.2. The summed E-state index contributed by atoms with van der Waals surface area (Å²) in [5.41, 5.74) is 4.12. The number of rotatable bonds is 1. The molecule has 0 saturated heterocycles. The Balaban J connectivity index is 0.00000144. The Morgan fingerprint density at radius 2 is 1.73 bits per heavy atom. The second-order valence-corrected chi connectivity index (χ2v) is 5.27. The van der Waals surface area contributed by atoms with Gasteiger partial charge in [-0.3, -0.25) is 0 Å². The van der Waals surface area contributed by atoms with Crippen molar-refractivity contribution in [1.82, 2.24) is 9.88 Å². The Kier molecular flexibility index (Phi) is 4.01. The van der Waals surface area contributed by atoms with Crippen LogP contribution in [0.15, 0.2) is 66.9 Å². The standard InChI is InChI=1S/C18H15FN2.ClH/c19-15-8-3-2-7-14(15)18-17-10-5-11-21(17)16-9-4-1-6-13(16)12-20-18;/h1-11,18,20H,12H2;1H. The average molecular weight is 315 g/mol. The summed E-state index contributed by atoms with van der Waals surface area (Å²) in [6, 6.07) is 19.2. The number of halogens is 2. The highest BCUT2D eigenvalue weighted by atomic mass is 35.5. The molecule has 0 radical (unpaired) electrons. The summed E-state index contributed by atoms with van der Waals surface area (Å²) in [7, 11) is 0. The van der Waals surface area contributed by atoms with Gasteiger partial charge in [0.2, 0.25) is 0 Å². The first-order valence-corrected chi connectivity index (χ1v) is 7.08. The lowest BCUT2D eigenvalue weighted by molar-refractivity contribution is 0.545. The molecule has 3 aromatic rings. The van der Waals surface area contributed by atoms with Gasteiger partial charge in [-0.25, -0.2) is 4.39 Å². The minimum Gasteiger partial charge on any atom is -0.319 e. The zero-order valence-electron chi connectivity index (χ0n) is 11.9. The zero-order chi connectivity index (χ0) is 14.2. The molecule has 2 aromatic carbocycles. The highest BCUT2D eigenvalue weighted by molar-refractivity contribution is 5.85. The van der Waals surface area contributed by atoms with Crippen LogP contribution in [0, 0.1) is 5.82 Å². The number of nitrogens with zero attached hydrogens (tertiary/aromatic N) is 1. The fraction of sp³-hybridized carbons (Fsp3) is 0.111. The molecule has 22 heavy (non-hydrogen) atoms. The van der Waals surface area contributed by atoms with Crippen molar-refractivity contribution >= 4 is 12.4 Å². The topological polar surface area (TPSA) is 17.0 Å². The fourth-order valence-corrected chi connectivity index (χ4v) is 3.04. The third-order valence-corrected chi connectivity index (χ3v) is 4.04. The molecule has 2 heterocycles. The fourth-order valence-electron chi connectivity index (χ4n) is 3.04. The van der Waals surface area contributed by atoms with Crippen LogP contribution in [0.5, 0.6) is 0 Å². The van der Waals surface area contributed by atoms with Gasteiger partial charge in [0, 0.05) is 29.7 Å². The predicted molar refractivity (Wildman–Crippen MR) is 88.1 cm³/mol. The van der Waals surface area contributed by atoms with Gasteiger partial charge < -0.3 is 9.88 Å². The minimum absolute atomic E-state index is 0. The number of para-hydroxylation sites is 1. The Morgan fingerprint density at radius 1 is 0.955 bits per heavy atom. The Morgan fingerprint density at radius 3 is 2.59 bits per heavy atom. The molecule has 0 aliphatic carbocycles. The van der Waals surface area contributed by atoms with E-state index in [1.165, 1.54) is 11.6 Å². The summed E-state index contributed by atoms with van der Waals surface area (Å²) in [5.74, 6) is -0.172. The normalized spacial score (nSPS) is 16.1. The average Bonchev–Trinajstić information content (AvgIpc) is 2.93. The summed E-state index contributed by atoms with van der Waals surface area (Å²) in [6.45, 7) is 0.719. The van der Waals surface area contributed by atoms with Crippen LogP contribution in [0.1, 0.15) is 22.9 Å². The first kappa shape index (κ1) is 14.8. The molecule has 1 aliphatic rings. The van der Waals surface area contributed by atoms with Crippen LogP contribution in [0.4, 0.5) is 4.39 Å². The summed E-state index contributed by atoms with van der Waals surface area (Å²) in [6.07, 6.45) is 2.04. The van der Waals surface area contributed by atoms with Gasteiger partial charge >= 0.3 is 0 Å². The molecule has 4 rings (SSSR count). The van der Waals surface area contributed by atoms with E-state index in [1.54, 1.807) is 6.07 Å². The molecule has 1 atom stereocenters. The largest absolute Gasteiger partial charge is 0.319 e. The van der Waals surface area contributed by atoms with Crippen molar-refractivity contribution in [3.05, 3.63) is 89.5 Å². The number of hydrogen-bond acceptors (Lipinski definition) is 1. The second kappa shape index (κ2) is 5.95. The van der Waals surface area contributed by atoms with E-state index in [4.69, 9.17) is 0 Å². The van der Waals surface area contributed by atoms with E-state index in [0.29, 0.717) is 5.56 Å². The van der Waals surface area contributed by atoms with Crippen LogP contribution in [-0.4, -0.2) is 4.57 Å². The Hall–Kier alpha value is -2.10. The van der Waals surface area contributed by atoms with E-state index in [1.807, 2.05) is 42.6 Å². The van der Waals surface area contributed by atoms with Crippen molar-refractivity contribution in [2.45, 2.75) is 12.6 Å². The quantitative estimate of drug-likeness (QED) is 0.711. The molecule has 0 bridgehead atoms. The van der Waals surface area contributed by atoms with Crippen LogP contribution in [0.3, 0.4) is 0 Å². The first-order valence-electron chi connectivity index (χ1n) is 7.08. The zero-order valence-corrected chi connectivity index (χ0v) is 12.7. The van der Waals surface area contributed by atoms with Gasteiger partial charge in [0.15, 0.2) is 0 Å². The van der Waals surface area contributed by atoms with Crippen LogP contribution in [-0.2, 0) is 6.54 Å². The summed E-state index contributed by atoms with van der Waals surface area (Å²) in [4.78, 5) is 0. The second-order valence-electron chi connectivity index (χ2n) is 5.27. The smallest absolute Gasteiger partial charge is 0.128 e. The minimum atomic E-state index is -0.172. The lowest BCUT2D eigenvalue weighted by Gasteiger charge is -2.18. The van der Waals surface area contributed by atoms with Gasteiger partial charge in [0.05, 0.1) is 6.04 Å². The summed E-state index contributed by atoms with van der Waals surface area (Å²) >= 11 is 0. The van der Waals surface area contributed by atoms with Gasteiger partial charge in [-0.15, -0.1) is 12.4 Å². The van der Waals surface area contributed by atoms with Crippen LogP contribution in [0.2, 0.25) is 0 Å². The van der Waals surface area contributed by atoms with Crippen molar-refractivity contribution in [3.63, 3.8) is 0 Å². The SMILES string of the molecule is Cl.Fc1ccccc1C1NCc2ccccc2-n2cccc21. The number of aromatic nitrogens is 1. The molecule has 0 fully saturated rings. The monoisotopic (exact) mass is 314 g/mol. The Labute approximate surface area is 135 Å². The third-order valence-electron chi connectivity index (χ3n) is 4.04. The van der Waals surface area contributed by atoms with Crippen molar-refractivity contribution in [1.29, 1.82) is 0 Å². The molecule has 4 heteroatoms. The van der Waals surface area contributed by atoms with Gasteiger partial charge in [0.25, 0.3) is 0 Å². The number of nitrogens with one attached hydrogen (secondary N) is 1. The van der Waals surface area contributed by atoms with Crippen LogP contribution >= 0.6 is 12.4 Å². The summed E-state index contributed by atoms with van der Waals surface area (Å²) in [5, 5.41) is 3.48. The van der Waals surface area contributed by atoms with E-state index in [-0.39, 0.29) is 24.3 Å². The van der Waals surface area contributed by atoms with Gasteiger partial charge in [-0.2, -0.15) is 0 Å². The molecule has 0 amide bonds. The molecular weight excluding hydrogens is 299 g/mol. The third kappa shape index (κ3) is 2.32. The molecule has 1 unspecified atom stereocenters. The van der Waals surface area contributed by atoms with Gasteiger partial charge in [0.1, 0.15) is 5.82 Å². The number of hydrogen-bond donors (Lipinski definition) is 1. The van der Waals surface area contributed by atoms with E-state index < -0.39 is 0 Å². The predicted octanol–water partition coefficient (Wildman–Crippen LogP) is 4.23. The summed E-state index contributed by atoms with van der Waals surface area (Å²) < 4.78 is 16.3. The van der Waals surface area contributed by atoms with E-state index in [0.717, 1.165) is 17.9 Å². The highest BCUT2D eigenvalue weighted by Gasteiger charge is 2.24. The Bertz CT molecular complexity index is 797. The maximum Gasteiger partial charge on any atom is 0.128 e. The lowest BCUT2D eigenvalue weighted by atomic mass is 10.0. The van der Waals surface area contributed by atoms with Crippen molar-refractivity contribution in [2.24, 2.45) is 0 Å². The van der Waals surface area contributed by atoms with Crippen LogP contribution < -0.4 is 5.32 Å². The molecule has 1 aromatic heterocycles. The van der Waals surface area contributed by atoms with Crippen LogP contribution in [0.25, 0.3) is 5.69 Å². The maximum absolute atomic E-state index is 14.2. The van der Waals surface area contributed by atoms with Crippen molar-refractivity contribution in [2.75, 3.05) is 0 Å². The van der Waals surface area contributed by atoms with Gasteiger partial charge in [-0.05, 0) is 29.8 Å². The highest BCUT2D eigenvalue weighted by Crippen LogP contribution is 2.31. The van der Waals surface area contributed by atoms with E-state index >= 15 is 0 Å². The van der Waals surface area contributed by atoms with Crippen molar-refractivity contribution < 1.29 is 4.39 Å². The van der Waals surface area contributed by atoms with Crippen molar-refractivity contribution in [3.8, 4) is 5.69 Å². The first-order chi connectivity index (χ1) is 10.3. The number of benzene rings is 2. The van der Waals surface area contributed by atoms with E-state index in [2.05, 4.69) is 22.0 Å². The molecule has 0 spiro atoms. The molecule has 0 saturated carbocycles. The molecular formula is C18H16ClFN2. The molecule has 1 aliphatic heterocycles. The van der Waals surface area contributed by atoms with Gasteiger partial charge in [-0.1, -0.05) is 36.4 Å². The molecule has 1 N–H and O–H groups in total.